The number of hydrogen-bond donors (Lipinski definition) is 0. The monoisotopic (exact) mass is 324 g/mol. The van der Waals surface area contributed by atoms with Crippen molar-refractivity contribution in [2.24, 2.45) is 0 Å². The highest BCUT2D eigenvalue weighted by atomic mass is 16.5. The van der Waals surface area contributed by atoms with Crippen molar-refractivity contribution < 1.29 is 18.8 Å². The smallest absolute Gasteiger partial charge is 0.308 e. The van der Waals surface area contributed by atoms with Gasteiger partial charge in [0.1, 0.15) is 11.5 Å². The van der Waals surface area contributed by atoms with Gasteiger partial charge in [-0.2, -0.15) is 4.98 Å². The maximum Gasteiger partial charge on any atom is 0.308 e. The number of aromatic nitrogens is 2. The molecule has 0 aliphatic heterocycles. The second kappa shape index (κ2) is 6.54. The molecule has 1 aromatic heterocycles. The molecule has 0 radical (unpaired) electrons. The van der Waals surface area contributed by atoms with Crippen LogP contribution < -0.4 is 9.47 Å². The molecule has 3 aromatic rings. The summed E-state index contributed by atoms with van der Waals surface area (Å²) in [5.41, 5.74) is 2.41. The zero-order valence-electron chi connectivity index (χ0n) is 13.6. The Kier molecular flexibility index (Phi) is 4.29. The number of carbonyl (C=O) groups is 1. The summed E-state index contributed by atoms with van der Waals surface area (Å²) in [7, 11) is 1.55. The van der Waals surface area contributed by atoms with Crippen molar-refractivity contribution in [3.05, 3.63) is 48.0 Å². The second-order valence-electron chi connectivity index (χ2n) is 5.19. The largest absolute Gasteiger partial charge is 0.497 e. The van der Waals surface area contributed by atoms with Crippen molar-refractivity contribution in [3.63, 3.8) is 0 Å². The summed E-state index contributed by atoms with van der Waals surface area (Å²) < 4.78 is 15.8. The van der Waals surface area contributed by atoms with E-state index in [4.69, 9.17) is 14.0 Å². The Morgan fingerprint density at radius 3 is 2.62 bits per heavy atom. The van der Waals surface area contributed by atoms with Gasteiger partial charge in [0.05, 0.1) is 12.7 Å². The topological polar surface area (TPSA) is 74.5 Å². The molecule has 122 valence electrons. The van der Waals surface area contributed by atoms with Crippen LogP contribution in [0, 0.1) is 6.92 Å². The molecule has 0 fully saturated rings. The highest BCUT2D eigenvalue weighted by Gasteiger charge is 2.18. The Morgan fingerprint density at radius 1 is 1.12 bits per heavy atom. The number of benzene rings is 2. The van der Waals surface area contributed by atoms with Crippen LogP contribution in [0.2, 0.25) is 0 Å². The molecule has 3 rings (SSSR count). The van der Waals surface area contributed by atoms with E-state index in [1.165, 1.54) is 6.92 Å². The minimum absolute atomic E-state index is 0.253. The zero-order chi connectivity index (χ0) is 17.1. The van der Waals surface area contributed by atoms with Crippen molar-refractivity contribution in [1.82, 2.24) is 10.1 Å². The Labute approximate surface area is 139 Å². The maximum atomic E-state index is 11.3. The number of aryl methyl sites for hydroxylation is 1. The third-order valence-electron chi connectivity index (χ3n) is 3.48. The van der Waals surface area contributed by atoms with Gasteiger partial charge in [-0.1, -0.05) is 29.4 Å². The van der Waals surface area contributed by atoms with Gasteiger partial charge in [0, 0.05) is 12.5 Å². The van der Waals surface area contributed by atoms with Gasteiger partial charge in [-0.3, -0.25) is 4.79 Å². The summed E-state index contributed by atoms with van der Waals surface area (Å²) in [5.74, 6) is 1.22. The Morgan fingerprint density at radius 2 is 1.92 bits per heavy atom. The predicted molar refractivity (Wildman–Crippen MR) is 87.8 cm³/mol. The van der Waals surface area contributed by atoms with E-state index < -0.39 is 5.97 Å². The lowest BCUT2D eigenvalue weighted by atomic mass is 10.1. The molecule has 6 heteroatoms. The number of hydrogen-bond acceptors (Lipinski definition) is 6. The minimum Gasteiger partial charge on any atom is -0.497 e. The van der Waals surface area contributed by atoms with E-state index in [1.807, 2.05) is 31.2 Å². The summed E-state index contributed by atoms with van der Waals surface area (Å²) in [4.78, 5) is 15.7. The molecule has 0 aliphatic rings. The summed E-state index contributed by atoms with van der Waals surface area (Å²) in [6, 6.07) is 12.8. The van der Waals surface area contributed by atoms with Crippen LogP contribution in [0.15, 0.2) is 47.0 Å². The molecule has 0 N–H and O–H groups in total. The van der Waals surface area contributed by atoms with E-state index >= 15 is 0 Å². The quantitative estimate of drug-likeness (QED) is 0.539. The molecular formula is C18H16N2O4. The summed E-state index contributed by atoms with van der Waals surface area (Å²) in [5, 5.41) is 4.03. The lowest BCUT2D eigenvalue weighted by Gasteiger charge is -2.07. The third-order valence-corrected chi connectivity index (χ3v) is 3.48. The van der Waals surface area contributed by atoms with Gasteiger partial charge in [0.25, 0.3) is 5.89 Å². The number of carbonyl (C=O) groups excluding carboxylic acids is 1. The maximum absolute atomic E-state index is 11.3. The van der Waals surface area contributed by atoms with E-state index in [0.29, 0.717) is 22.9 Å². The van der Waals surface area contributed by atoms with Crippen LogP contribution in [0.3, 0.4) is 0 Å². The van der Waals surface area contributed by atoms with Crippen molar-refractivity contribution in [2.75, 3.05) is 7.11 Å². The first kappa shape index (κ1) is 15.7. The molecule has 0 bridgehead atoms. The molecule has 0 amide bonds. The van der Waals surface area contributed by atoms with Crippen molar-refractivity contribution >= 4 is 5.97 Å². The molecule has 0 saturated heterocycles. The normalized spacial score (nSPS) is 10.5. The van der Waals surface area contributed by atoms with Gasteiger partial charge in [-0.25, -0.2) is 0 Å². The summed E-state index contributed by atoms with van der Waals surface area (Å²) in [6.45, 7) is 3.31. The number of nitrogens with zero attached hydrogens (tertiary/aromatic N) is 2. The van der Waals surface area contributed by atoms with Crippen LogP contribution in [-0.4, -0.2) is 23.2 Å². The first-order chi connectivity index (χ1) is 11.6. The molecule has 0 aliphatic carbocycles. The molecule has 0 saturated carbocycles. The predicted octanol–water partition coefficient (Wildman–Crippen LogP) is 3.65. The first-order valence-electron chi connectivity index (χ1n) is 7.35. The van der Waals surface area contributed by atoms with Crippen molar-refractivity contribution in [2.45, 2.75) is 13.8 Å². The van der Waals surface area contributed by atoms with E-state index in [0.717, 1.165) is 11.1 Å². The van der Waals surface area contributed by atoms with E-state index in [1.54, 1.807) is 25.3 Å². The minimum atomic E-state index is -0.431. The highest BCUT2D eigenvalue weighted by molar-refractivity contribution is 5.75. The molecule has 0 unspecified atom stereocenters. The molecule has 6 nitrogen and oxygen atoms in total. The fourth-order valence-electron chi connectivity index (χ4n) is 2.31. The van der Waals surface area contributed by atoms with Gasteiger partial charge >= 0.3 is 5.97 Å². The molecule has 24 heavy (non-hydrogen) atoms. The van der Waals surface area contributed by atoms with Crippen LogP contribution in [0.5, 0.6) is 11.5 Å². The Bertz CT molecular complexity index is 886. The first-order valence-corrected chi connectivity index (χ1v) is 7.35. The lowest BCUT2D eigenvalue weighted by Crippen LogP contribution is -2.03. The van der Waals surface area contributed by atoms with Gasteiger partial charge < -0.3 is 14.0 Å². The summed E-state index contributed by atoms with van der Waals surface area (Å²) >= 11 is 0. The molecular weight excluding hydrogens is 308 g/mol. The number of esters is 1. The van der Waals surface area contributed by atoms with Gasteiger partial charge in [-0.05, 0) is 30.7 Å². The van der Waals surface area contributed by atoms with Crippen LogP contribution in [0.25, 0.3) is 22.8 Å². The van der Waals surface area contributed by atoms with E-state index in [9.17, 15) is 4.79 Å². The number of methoxy groups -OCH3 is 1. The van der Waals surface area contributed by atoms with Gasteiger partial charge in [0.15, 0.2) is 0 Å². The average Bonchev–Trinajstić information content (AvgIpc) is 3.04. The third kappa shape index (κ3) is 3.12. The zero-order valence-corrected chi connectivity index (χ0v) is 13.6. The van der Waals surface area contributed by atoms with Crippen LogP contribution in [0.4, 0.5) is 0 Å². The van der Waals surface area contributed by atoms with Gasteiger partial charge in [0.2, 0.25) is 5.82 Å². The van der Waals surface area contributed by atoms with E-state index in [2.05, 4.69) is 10.1 Å². The fourth-order valence-corrected chi connectivity index (χ4v) is 2.31. The van der Waals surface area contributed by atoms with Gasteiger partial charge in [-0.15, -0.1) is 0 Å². The Hall–Kier alpha value is -3.15. The van der Waals surface area contributed by atoms with Crippen LogP contribution in [0.1, 0.15) is 12.5 Å². The molecule has 0 spiro atoms. The van der Waals surface area contributed by atoms with Crippen LogP contribution >= 0.6 is 0 Å². The standard InChI is InChI=1S/C18H16N2O4/c1-11-6-4-5-7-14(11)17-19-18(24-20-17)15-10-13(22-3)8-9-16(15)23-12(2)21/h4-10H,1-3H3. The van der Waals surface area contributed by atoms with Crippen molar-refractivity contribution in [1.29, 1.82) is 0 Å². The van der Waals surface area contributed by atoms with Crippen LogP contribution in [-0.2, 0) is 4.79 Å². The summed E-state index contributed by atoms with van der Waals surface area (Å²) in [6.07, 6.45) is 0. The number of ether oxygens (including phenoxy) is 2. The average molecular weight is 324 g/mol. The van der Waals surface area contributed by atoms with Crippen molar-refractivity contribution in [3.8, 4) is 34.3 Å². The molecule has 0 atom stereocenters. The SMILES string of the molecule is COc1ccc(OC(C)=O)c(-c2nc(-c3ccccc3C)no2)c1. The number of rotatable bonds is 4. The second-order valence-corrected chi connectivity index (χ2v) is 5.19. The lowest BCUT2D eigenvalue weighted by molar-refractivity contribution is -0.131. The fraction of sp³-hybridized carbons (Fsp3) is 0.167. The molecule has 2 aromatic carbocycles. The Balaban J connectivity index is 2.06. The van der Waals surface area contributed by atoms with E-state index in [-0.39, 0.29) is 5.89 Å². The highest BCUT2D eigenvalue weighted by Crippen LogP contribution is 2.34. The molecule has 1 heterocycles.